The third-order valence-electron chi connectivity index (χ3n) is 2.21. The highest BCUT2D eigenvalue weighted by atomic mass is 35.5. The number of nitrogens with zero attached hydrogens (tertiary/aromatic N) is 3. The van der Waals surface area contributed by atoms with Gasteiger partial charge in [0.2, 0.25) is 0 Å². The molecule has 4 nitrogen and oxygen atoms in total. The molecule has 86 valence electrons. The minimum Gasteiger partial charge on any atom is -0.492 e. The Balaban J connectivity index is 1.91. The van der Waals surface area contributed by atoms with Crippen LogP contribution >= 0.6 is 11.6 Å². The topological polar surface area (TPSA) is 50.8 Å². The van der Waals surface area contributed by atoms with Crippen molar-refractivity contribution >= 4 is 11.6 Å². The third-order valence-corrected chi connectivity index (χ3v) is 2.52. The van der Waals surface area contributed by atoms with E-state index in [0.29, 0.717) is 29.5 Å². The minimum absolute atomic E-state index is 0.407. The van der Waals surface area contributed by atoms with E-state index in [1.54, 1.807) is 29.1 Å². The zero-order valence-electron chi connectivity index (χ0n) is 9.01. The van der Waals surface area contributed by atoms with Crippen LogP contribution in [0.4, 0.5) is 0 Å². The Morgan fingerprint density at radius 1 is 1.47 bits per heavy atom. The van der Waals surface area contributed by atoms with E-state index >= 15 is 0 Å². The first-order valence-corrected chi connectivity index (χ1v) is 5.47. The van der Waals surface area contributed by atoms with Gasteiger partial charge in [0.15, 0.2) is 0 Å². The lowest BCUT2D eigenvalue weighted by molar-refractivity contribution is 0.291. The van der Waals surface area contributed by atoms with E-state index in [2.05, 4.69) is 5.10 Å². The fourth-order valence-corrected chi connectivity index (χ4v) is 1.58. The normalized spacial score (nSPS) is 9.88. The van der Waals surface area contributed by atoms with Crippen molar-refractivity contribution in [3.05, 3.63) is 47.2 Å². The molecule has 1 aromatic heterocycles. The minimum atomic E-state index is 0.407. The molecule has 1 aromatic carbocycles. The summed E-state index contributed by atoms with van der Waals surface area (Å²) in [6.07, 6.45) is 3.59. The summed E-state index contributed by atoms with van der Waals surface area (Å²) >= 11 is 5.89. The highest BCUT2D eigenvalue weighted by Crippen LogP contribution is 2.21. The van der Waals surface area contributed by atoms with Crippen molar-refractivity contribution in [2.24, 2.45) is 0 Å². The summed E-state index contributed by atoms with van der Waals surface area (Å²) < 4.78 is 7.29. The van der Waals surface area contributed by atoms with Gasteiger partial charge in [0.1, 0.15) is 18.4 Å². The number of hydrogen-bond donors (Lipinski definition) is 0. The molecule has 0 fully saturated rings. The van der Waals surface area contributed by atoms with Crippen LogP contribution in [0, 0.1) is 11.3 Å². The van der Waals surface area contributed by atoms with Crippen LogP contribution in [-0.2, 0) is 6.54 Å². The van der Waals surface area contributed by atoms with E-state index < -0.39 is 0 Å². The monoisotopic (exact) mass is 247 g/mol. The van der Waals surface area contributed by atoms with Gasteiger partial charge in [0.05, 0.1) is 17.1 Å². The molecule has 0 N–H and O–H groups in total. The van der Waals surface area contributed by atoms with Gasteiger partial charge >= 0.3 is 0 Å². The fourth-order valence-electron chi connectivity index (χ4n) is 1.37. The van der Waals surface area contributed by atoms with Crippen molar-refractivity contribution in [3.63, 3.8) is 0 Å². The summed E-state index contributed by atoms with van der Waals surface area (Å²) in [6.45, 7) is 1.18. The Bertz CT molecular complexity index is 531. The van der Waals surface area contributed by atoms with E-state index in [9.17, 15) is 0 Å². The van der Waals surface area contributed by atoms with Gasteiger partial charge in [-0.1, -0.05) is 11.6 Å². The first kappa shape index (κ1) is 11.5. The molecule has 0 aliphatic carbocycles. The number of benzene rings is 1. The van der Waals surface area contributed by atoms with Gasteiger partial charge in [-0.15, -0.1) is 0 Å². The van der Waals surface area contributed by atoms with Crippen LogP contribution in [0.2, 0.25) is 5.02 Å². The first-order chi connectivity index (χ1) is 8.29. The van der Waals surface area contributed by atoms with Crippen LogP contribution in [0.1, 0.15) is 5.56 Å². The van der Waals surface area contributed by atoms with Crippen LogP contribution < -0.4 is 4.74 Å². The summed E-state index contributed by atoms with van der Waals surface area (Å²) in [7, 11) is 0. The Morgan fingerprint density at radius 2 is 2.35 bits per heavy atom. The van der Waals surface area contributed by atoms with Crippen LogP contribution in [0.5, 0.6) is 5.75 Å². The zero-order chi connectivity index (χ0) is 12.1. The molecule has 17 heavy (non-hydrogen) atoms. The van der Waals surface area contributed by atoms with E-state index in [0.717, 1.165) is 0 Å². The van der Waals surface area contributed by atoms with Crippen molar-refractivity contribution in [1.82, 2.24) is 9.78 Å². The van der Waals surface area contributed by atoms with Gasteiger partial charge in [0.25, 0.3) is 0 Å². The molecule has 0 bridgehead atoms. The molecule has 0 amide bonds. The van der Waals surface area contributed by atoms with Gasteiger partial charge in [-0.25, -0.2) is 0 Å². The average molecular weight is 248 g/mol. The molecule has 5 heteroatoms. The molecule has 0 saturated heterocycles. The van der Waals surface area contributed by atoms with Gasteiger partial charge in [0, 0.05) is 18.5 Å². The summed E-state index contributed by atoms with van der Waals surface area (Å²) in [5.41, 5.74) is 0.450. The second kappa shape index (κ2) is 5.37. The second-order valence-corrected chi connectivity index (χ2v) is 3.78. The molecule has 0 radical (unpaired) electrons. The third kappa shape index (κ3) is 2.99. The predicted molar refractivity (Wildman–Crippen MR) is 63.9 cm³/mol. The number of aromatic nitrogens is 2. The van der Waals surface area contributed by atoms with Gasteiger partial charge < -0.3 is 4.74 Å². The molecule has 0 saturated carbocycles. The summed E-state index contributed by atoms with van der Waals surface area (Å²) in [5, 5.41) is 13.2. The lowest BCUT2D eigenvalue weighted by atomic mass is 10.2. The summed E-state index contributed by atoms with van der Waals surface area (Å²) in [6, 6.07) is 8.88. The molecular formula is C12H10ClN3O. The second-order valence-electron chi connectivity index (χ2n) is 3.37. The van der Waals surface area contributed by atoms with Gasteiger partial charge in [-0.05, 0) is 18.2 Å². The summed E-state index contributed by atoms with van der Waals surface area (Å²) in [4.78, 5) is 0. The van der Waals surface area contributed by atoms with E-state index in [4.69, 9.17) is 21.6 Å². The molecule has 0 aliphatic rings. The highest BCUT2D eigenvalue weighted by Gasteiger charge is 2.01. The summed E-state index contributed by atoms with van der Waals surface area (Å²) in [5.74, 6) is 0.654. The zero-order valence-corrected chi connectivity index (χ0v) is 9.76. The molecule has 0 spiro atoms. The maximum Gasteiger partial charge on any atom is 0.120 e. The van der Waals surface area contributed by atoms with Crippen molar-refractivity contribution in [2.45, 2.75) is 6.54 Å². The molecule has 1 heterocycles. The maximum absolute atomic E-state index is 8.72. The van der Waals surface area contributed by atoms with Crippen LogP contribution in [0.15, 0.2) is 36.7 Å². The van der Waals surface area contributed by atoms with Crippen molar-refractivity contribution in [1.29, 1.82) is 5.26 Å². The van der Waals surface area contributed by atoms with Crippen molar-refractivity contribution in [3.8, 4) is 11.8 Å². The Hall–Kier alpha value is -1.99. The van der Waals surface area contributed by atoms with E-state index in [1.165, 1.54) is 0 Å². The van der Waals surface area contributed by atoms with Gasteiger partial charge in [-0.3, -0.25) is 4.68 Å². The fraction of sp³-hybridized carbons (Fsp3) is 0.167. The number of ether oxygens (including phenoxy) is 1. The number of hydrogen-bond acceptors (Lipinski definition) is 3. The Labute approximate surface area is 104 Å². The number of halogens is 1. The van der Waals surface area contributed by atoms with Crippen molar-refractivity contribution in [2.75, 3.05) is 6.61 Å². The standard InChI is InChI=1S/C12H10ClN3O/c13-12-8-11(3-2-10(12)9-14)17-7-6-16-5-1-4-15-16/h1-5,8H,6-7H2. The lowest BCUT2D eigenvalue weighted by Crippen LogP contribution is -2.08. The first-order valence-electron chi connectivity index (χ1n) is 5.09. The molecule has 0 aliphatic heterocycles. The maximum atomic E-state index is 8.72. The van der Waals surface area contributed by atoms with Gasteiger partial charge in [-0.2, -0.15) is 10.4 Å². The number of rotatable bonds is 4. The van der Waals surface area contributed by atoms with Crippen LogP contribution in [0.25, 0.3) is 0 Å². The van der Waals surface area contributed by atoms with E-state index in [1.807, 2.05) is 18.3 Å². The molecule has 2 rings (SSSR count). The Kier molecular flexibility index (Phi) is 3.63. The van der Waals surface area contributed by atoms with Crippen molar-refractivity contribution < 1.29 is 4.74 Å². The number of nitriles is 1. The molecule has 0 unspecified atom stereocenters. The molecule has 0 atom stereocenters. The van der Waals surface area contributed by atoms with Crippen LogP contribution in [-0.4, -0.2) is 16.4 Å². The quantitative estimate of drug-likeness (QED) is 0.834. The SMILES string of the molecule is N#Cc1ccc(OCCn2cccn2)cc1Cl. The Morgan fingerprint density at radius 3 is 3.00 bits per heavy atom. The van der Waals surface area contributed by atoms with E-state index in [-0.39, 0.29) is 0 Å². The smallest absolute Gasteiger partial charge is 0.120 e. The lowest BCUT2D eigenvalue weighted by Gasteiger charge is -2.07. The highest BCUT2D eigenvalue weighted by molar-refractivity contribution is 6.31. The predicted octanol–water partition coefficient (Wildman–Crippen LogP) is 2.49. The molecular weight excluding hydrogens is 238 g/mol. The van der Waals surface area contributed by atoms with Crippen LogP contribution in [0.3, 0.4) is 0 Å². The largest absolute Gasteiger partial charge is 0.492 e. The average Bonchev–Trinajstić information content (AvgIpc) is 2.82. The molecule has 2 aromatic rings.